The van der Waals surface area contributed by atoms with E-state index in [0.717, 1.165) is 9.04 Å². The van der Waals surface area contributed by atoms with Gasteiger partial charge in [-0.25, -0.2) is 4.79 Å². The summed E-state index contributed by atoms with van der Waals surface area (Å²) in [6.45, 7) is 0.118. The van der Waals surface area contributed by atoms with Crippen molar-refractivity contribution in [2.75, 3.05) is 7.11 Å². The molecule has 2 rings (SSSR count). The Balaban J connectivity index is 2.25. The van der Waals surface area contributed by atoms with Crippen molar-refractivity contribution in [2.24, 2.45) is 14.1 Å². The normalized spacial score (nSPS) is 10.5. The lowest BCUT2D eigenvalue weighted by atomic mass is 10.3. The molecular formula is C14H15BrN2O4. The van der Waals surface area contributed by atoms with Gasteiger partial charge in [0, 0.05) is 20.2 Å². The zero-order valence-electron chi connectivity index (χ0n) is 11.9. The maximum absolute atomic E-state index is 11.8. The quantitative estimate of drug-likeness (QED) is 0.833. The molecule has 0 bridgehead atoms. The van der Waals surface area contributed by atoms with Gasteiger partial charge in [-0.2, -0.15) is 0 Å². The van der Waals surface area contributed by atoms with Crippen LogP contribution in [0.2, 0.25) is 0 Å². The molecule has 21 heavy (non-hydrogen) atoms. The fourth-order valence-corrected chi connectivity index (χ4v) is 2.27. The smallest absolute Gasteiger partial charge is 0.330 e. The Labute approximate surface area is 129 Å². The minimum absolute atomic E-state index is 0.118. The highest BCUT2D eigenvalue weighted by atomic mass is 79.9. The van der Waals surface area contributed by atoms with Crippen LogP contribution < -0.4 is 20.7 Å². The van der Waals surface area contributed by atoms with E-state index in [0.29, 0.717) is 17.2 Å². The molecule has 0 radical (unpaired) electrons. The average molecular weight is 355 g/mol. The number of hydrogen-bond donors (Lipinski definition) is 0. The van der Waals surface area contributed by atoms with Crippen molar-refractivity contribution in [3.8, 4) is 11.5 Å². The minimum Gasteiger partial charge on any atom is -0.497 e. The minimum atomic E-state index is -0.380. The molecule has 0 saturated carbocycles. The lowest BCUT2D eigenvalue weighted by Gasteiger charge is -2.12. The highest BCUT2D eigenvalue weighted by Gasteiger charge is 2.08. The maximum atomic E-state index is 11.8. The third-order valence-electron chi connectivity index (χ3n) is 3.14. The fraction of sp³-hybridized carbons (Fsp3) is 0.286. The molecule has 112 valence electrons. The van der Waals surface area contributed by atoms with Gasteiger partial charge in [-0.15, -0.1) is 0 Å². The van der Waals surface area contributed by atoms with E-state index < -0.39 is 0 Å². The number of benzene rings is 1. The second-order valence-corrected chi connectivity index (χ2v) is 5.31. The largest absolute Gasteiger partial charge is 0.497 e. The van der Waals surface area contributed by atoms with E-state index >= 15 is 0 Å². The molecule has 1 aromatic carbocycles. The Morgan fingerprint density at radius 1 is 1.14 bits per heavy atom. The van der Waals surface area contributed by atoms with Crippen LogP contribution >= 0.6 is 15.9 Å². The molecule has 7 heteroatoms. The van der Waals surface area contributed by atoms with Crippen molar-refractivity contribution in [3.05, 3.63) is 55.3 Å². The van der Waals surface area contributed by atoms with E-state index in [1.807, 2.05) is 0 Å². The fourth-order valence-electron chi connectivity index (χ4n) is 1.79. The summed E-state index contributed by atoms with van der Waals surface area (Å²) >= 11 is 3.38. The van der Waals surface area contributed by atoms with Crippen molar-refractivity contribution >= 4 is 15.9 Å². The first-order valence-corrected chi connectivity index (χ1v) is 6.95. The molecule has 0 unspecified atom stereocenters. The van der Waals surface area contributed by atoms with Crippen molar-refractivity contribution in [1.29, 1.82) is 0 Å². The molecule has 0 aliphatic heterocycles. The Bertz CT molecular complexity index is 780. The SMILES string of the molecule is COc1ccc(OCc2cc(=O)n(C)c(=O)n2C)c(Br)c1. The van der Waals surface area contributed by atoms with Crippen LogP contribution in [0.15, 0.2) is 38.3 Å². The summed E-state index contributed by atoms with van der Waals surface area (Å²) in [4.78, 5) is 23.5. The standard InChI is InChI=1S/C14H15BrN2O4/c1-16-9(6-13(18)17(2)14(16)19)8-21-12-5-4-10(20-3)7-11(12)15/h4-7H,8H2,1-3H3. The first-order chi connectivity index (χ1) is 9.93. The van der Waals surface area contributed by atoms with Gasteiger partial charge in [0.1, 0.15) is 18.1 Å². The summed E-state index contributed by atoms with van der Waals surface area (Å²) in [5.74, 6) is 1.30. The number of methoxy groups -OCH3 is 1. The summed E-state index contributed by atoms with van der Waals surface area (Å²) in [5.41, 5.74) is -0.230. The number of ether oxygens (including phenoxy) is 2. The van der Waals surface area contributed by atoms with Crippen LogP contribution in [0.4, 0.5) is 0 Å². The molecule has 2 aromatic rings. The van der Waals surface area contributed by atoms with Crippen LogP contribution in [0, 0.1) is 0 Å². The summed E-state index contributed by atoms with van der Waals surface area (Å²) in [6.07, 6.45) is 0. The predicted molar refractivity (Wildman–Crippen MR) is 82.0 cm³/mol. The van der Waals surface area contributed by atoms with Crippen molar-refractivity contribution in [3.63, 3.8) is 0 Å². The van der Waals surface area contributed by atoms with Gasteiger partial charge in [0.2, 0.25) is 0 Å². The highest BCUT2D eigenvalue weighted by Crippen LogP contribution is 2.29. The Kier molecular flexibility index (Phi) is 4.52. The molecule has 0 atom stereocenters. The zero-order valence-corrected chi connectivity index (χ0v) is 13.5. The number of halogens is 1. The van der Waals surface area contributed by atoms with Crippen LogP contribution in [0.25, 0.3) is 0 Å². The monoisotopic (exact) mass is 354 g/mol. The Morgan fingerprint density at radius 3 is 2.48 bits per heavy atom. The summed E-state index contributed by atoms with van der Waals surface area (Å²) in [7, 11) is 4.62. The Morgan fingerprint density at radius 2 is 1.86 bits per heavy atom. The second-order valence-electron chi connectivity index (χ2n) is 4.46. The van der Waals surface area contributed by atoms with Crippen LogP contribution in [-0.2, 0) is 20.7 Å². The zero-order chi connectivity index (χ0) is 15.6. The molecule has 0 fully saturated rings. The summed E-state index contributed by atoms with van der Waals surface area (Å²) in [6, 6.07) is 6.68. The molecule has 6 nitrogen and oxygen atoms in total. The molecule has 0 spiro atoms. The van der Waals surface area contributed by atoms with Gasteiger partial charge in [0.25, 0.3) is 5.56 Å². The van der Waals surface area contributed by atoms with E-state index in [1.165, 1.54) is 17.7 Å². The van der Waals surface area contributed by atoms with Crippen LogP contribution in [0.5, 0.6) is 11.5 Å². The summed E-state index contributed by atoms with van der Waals surface area (Å²) in [5, 5.41) is 0. The molecule has 0 N–H and O–H groups in total. The van der Waals surface area contributed by atoms with E-state index in [1.54, 1.807) is 32.4 Å². The maximum Gasteiger partial charge on any atom is 0.330 e. The van der Waals surface area contributed by atoms with Gasteiger partial charge in [-0.1, -0.05) is 0 Å². The van der Waals surface area contributed by atoms with Crippen LogP contribution in [-0.4, -0.2) is 16.2 Å². The number of nitrogens with zero attached hydrogens (tertiary/aromatic N) is 2. The third kappa shape index (κ3) is 3.18. The van der Waals surface area contributed by atoms with Crippen LogP contribution in [0.1, 0.15) is 5.69 Å². The van der Waals surface area contributed by atoms with Gasteiger partial charge < -0.3 is 9.47 Å². The van der Waals surface area contributed by atoms with Crippen molar-refractivity contribution < 1.29 is 9.47 Å². The lowest BCUT2D eigenvalue weighted by Crippen LogP contribution is -2.38. The number of rotatable bonds is 4. The molecular weight excluding hydrogens is 340 g/mol. The third-order valence-corrected chi connectivity index (χ3v) is 3.76. The number of aromatic nitrogens is 2. The van der Waals surface area contributed by atoms with E-state index in [-0.39, 0.29) is 17.9 Å². The van der Waals surface area contributed by atoms with E-state index in [9.17, 15) is 9.59 Å². The second kappa shape index (κ2) is 6.17. The Hall–Kier alpha value is -2.02. The average Bonchev–Trinajstić information content (AvgIpc) is 2.48. The molecule has 1 heterocycles. The molecule has 0 aliphatic rings. The first kappa shape index (κ1) is 15.4. The summed E-state index contributed by atoms with van der Waals surface area (Å²) < 4.78 is 13.9. The molecule has 0 saturated heterocycles. The van der Waals surface area contributed by atoms with Crippen LogP contribution in [0.3, 0.4) is 0 Å². The van der Waals surface area contributed by atoms with Crippen molar-refractivity contribution in [1.82, 2.24) is 9.13 Å². The van der Waals surface area contributed by atoms with E-state index in [4.69, 9.17) is 9.47 Å². The molecule has 0 amide bonds. The van der Waals surface area contributed by atoms with Crippen molar-refractivity contribution in [2.45, 2.75) is 6.61 Å². The first-order valence-electron chi connectivity index (χ1n) is 6.16. The van der Waals surface area contributed by atoms with Gasteiger partial charge >= 0.3 is 5.69 Å². The van der Waals surface area contributed by atoms with Gasteiger partial charge in [-0.05, 0) is 34.1 Å². The highest BCUT2D eigenvalue weighted by molar-refractivity contribution is 9.10. The lowest BCUT2D eigenvalue weighted by molar-refractivity contribution is 0.291. The molecule has 1 aromatic heterocycles. The van der Waals surface area contributed by atoms with Gasteiger partial charge in [0.15, 0.2) is 0 Å². The topological polar surface area (TPSA) is 62.5 Å². The molecule has 0 aliphatic carbocycles. The predicted octanol–water partition coefficient (Wildman–Crippen LogP) is 1.43. The van der Waals surface area contributed by atoms with Gasteiger partial charge in [-0.3, -0.25) is 13.9 Å². The number of hydrogen-bond acceptors (Lipinski definition) is 4. The van der Waals surface area contributed by atoms with E-state index in [2.05, 4.69) is 15.9 Å². The van der Waals surface area contributed by atoms with Gasteiger partial charge in [0.05, 0.1) is 17.3 Å².